The van der Waals surface area contributed by atoms with Crippen molar-refractivity contribution in [3.63, 3.8) is 0 Å². The zero-order valence-corrected chi connectivity index (χ0v) is 10.4. The standard InChI is InChI=1S/C14H16N4/c1-18-9-8-16-14(18)17-10-12-5-2-4-11-6-3-7-15-13(11)12/h2-7H,8-10H2,1H3,(H,16,17). The zero-order valence-electron chi connectivity index (χ0n) is 10.4. The number of aromatic nitrogens is 1. The Bertz CT molecular complexity index is 586. The molecular weight excluding hydrogens is 224 g/mol. The normalized spacial score (nSPS) is 14.9. The van der Waals surface area contributed by atoms with Crippen LogP contribution >= 0.6 is 0 Å². The highest BCUT2D eigenvalue weighted by atomic mass is 15.3. The van der Waals surface area contributed by atoms with Crippen molar-refractivity contribution in [2.24, 2.45) is 4.99 Å². The van der Waals surface area contributed by atoms with Gasteiger partial charge in [0.05, 0.1) is 12.1 Å². The Balaban J connectivity index is 1.82. The first-order valence-corrected chi connectivity index (χ1v) is 6.17. The van der Waals surface area contributed by atoms with Crippen LogP contribution in [0, 0.1) is 0 Å². The van der Waals surface area contributed by atoms with Crippen molar-refractivity contribution in [3.05, 3.63) is 42.1 Å². The lowest BCUT2D eigenvalue weighted by atomic mass is 10.1. The monoisotopic (exact) mass is 240 g/mol. The third kappa shape index (κ3) is 2.01. The van der Waals surface area contributed by atoms with Crippen LogP contribution in [0.5, 0.6) is 0 Å². The van der Waals surface area contributed by atoms with Crippen LogP contribution in [-0.2, 0) is 6.54 Å². The smallest absolute Gasteiger partial charge is 0.194 e. The molecule has 0 bridgehead atoms. The molecule has 0 saturated carbocycles. The maximum atomic E-state index is 4.45. The summed E-state index contributed by atoms with van der Waals surface area (Å²) in [6, 6.07) is 10.3. The molecule has 3 rings (SSSR count). The summed E-state index contributed by atoms with van der Waals surface area (Å²) in [5, 5.41) is 4.55. The number of hydrogen-bond donors (Lipinski definition) is 1. The molecule has 4 heteroatoms. The number of hydrogen-bond acceptors (Lipinski definition) is 4. The van der Waals surface area contributed by atoms with Crippen molar-refractivity contribution in [2.45, 2.75) is 6.54 Å². The van der Waals surface area contributed by atoms with Gasteiger partial charge in [-0.15, -0.1) is 0 Å². The number of para-hydroxylation sites is 1. The molecule has 0 amide bonds. The van der Waals surface area contributed by atoms with Gasteiger partial charge in [-0.2, -0.15) is 0 Å². The van der Waals surface area contributed by atoms with Crippen LogP contribution in [0.25, 0.3) is 10.9 Å². The molecule has 0 saturated heterocycles. The fraction of sp³-hybridized carbons (Fsp3) is 0.286. The number of benzene rings is 1. The summed E-state index contributed by atoms with van der Waals surface area (Å²) in [5.74, 6) is 0.975. The van der Waals surface area contributed by atoms with Gasteiger partial charge in [0.15, 0.2) is 5.96 Å². The predicted octanol–water partition coefficient (Wildman–Crippen LogP) is 1.63. The summed E-state index contributed by atoms with van der Waals surface area (Å²) in [6.07, 6.45) is 1.84. The Hall–Kier alpha value is -2.10. The molecule has 0 unspecified atom stereocenters. The number of pyridine rings is 1. The van der Waals surface area contributed by atoms with E-state index in [0.29, 0.717) is 0 Å². The number of nitrogens with one attached hydrogen (secondary N) is 1. The van der Waals surface area contributed by atoms with Crippen LogP contribution in [-0.4, -0.2) is 36.0 Å². The molecule has 18 heavy (non-hydrogen) atoms. The Morgan fingerprint density at radius 1 is 1.28 bits per heavy atom. The summed E-state index contributed by atoms with van der Waals surface area (Å²) in [6.45, 7) is 2.64. The van der Waals surface area contributed by atoms with Gasteiger partial charge in [0.1, 0.15) is 0 Å². The maximum Gasteiger partial charge on any atom is 0.194 e. The van der Waals surface area contributed by atoms with E-state index in [1.165, 1.54) is 10.9 Å². The molecular formula is C14H16N4. The van der Waals surface area contributed by atoms with E-state index in [-0.39, 0.29) is 0 Å². The van der Waals surface area contributed by atoms with Crippen molar-refractivity contribution in [3.8, 4) is 0 Å². The first-order chi connectivity index (χ1) is 8.84. The van der Waals surface area contributed by atoms with Gasteiger partial charge in [-0.05, 0) is 11.6 Å². The van der Waals surface area contributed by atoms with E-state index >= 15 is 0 Å². The van der Waals surface area contributed by atoms with Crippen molar-refractivity contribution in [2.75, 3.05) is 20.1 Å². The SMILES string of the molecule is CN1CCN=C1NCc1cccc2cccnc12. The minimum absolute atomic E-state index is 0.761. The van der Waals surface area contributed by atoms with E-state index < -0.39 is 0 Å². The van der Waals surface area contributed by atoms with E-state index in [1.54, 1.807) is 0 Å². The fourth-order valence-electron chi connectivity index (χ4n) is 2.21. The predicted molar refractivity (Wildman–Crippen MR) is 73.5 cm³/mol. The van der Waals surface area contributed by atoms with Crippen LogP contribution in [0.3, 0.4) is 0 Å². The second kappa shape index (κ2) is 4.64. The number of likely N-dealkylation sites (N-methyl/N-ethyl adjacent to an activating group) is 1. The molecule has 92 valence electrons. The minimum atomic E-state index is 0.761. The molecule has 0 fully saturated rings. The number of aliphatic imine (C=N–C) groups is 1. The Labute approximate surface area is 106 Å². The lowest BCUT2D eigenvalue weighted by Crippen LogP contribution is -2.35. The van der Waals surface area contributed by atoms with Gasteiger partial charge in [0, 0.05) is 31.7 Å². The number of rotatable bonds is 2. The van der Waals surface area contributed by atoms with Crippen LogP contribution in [0.2, 0.25) is 0 Å². The highest BCUT2D eigenvalue weighted by Gasteiger charge is 2.11. The van der Waals surface area contributed by atoms with Gasteiger partial charge < -0.3 is 10.2 Å². The third-order valence-corrected chi connectivity index (χ3v) is 3.21. The second-order valence-corrected chi connectivity index (χ2v) is 4.47. The first kappa shape index (κ1) is 11.0. The molecule has 2 aromatic rings. The highest BCUT2D eigenvalue weighted by Crippen LogP contribution is 2.15. The maximum absolute atomic E-state index is 4.45. The molecule has 4 nitrogen and oxygen atoms in total. The van der Waals surface area contributed by atoms with E-state index in [1.807, 2.05) is 12.3 Å². The van der Waals surface area contributed by atoms with E-state index in [9.17, 15) is 0 Å². The molecule has 1 aromatic heterocycles. The summed E-state index contributed by atoms with van der Waals surface area (Å²) >= 11 is 0. The van der Waals surface area contributed by atoms with Crippen LogP contribution in [0.4, 0.5) is 0 Å². The van der Waals surface area contributed by atoms with Gasteiger partial charge in [-0.1, -0.05) is 24.3 Å². The lowest BCUT2D eigenvalue weighted by molar-refractivity contribution is 0.534. The largest absolute Gasteiger partial charge is 0.352 e. The molecule has 1 N–H and O–H groups in total. The zero-order chi connectivity index (χ0) is 12.4. The highest BCUT2D eigenvalue weighted by molar-refractivity contribution is 5.84. The van der Waals surface area contributed by atoms with Crippen LogP contribution in [0.15, 0.2) is 41.5 Å². The topological polar surface area (TPSA) is 40.5 Å². The van der Waals surface area contributed by atoms with Crippen molar-refractivity contribution < 1.29 is 0 Å². The van der Waals surface area contributed by atoms with E-state index in [0.717, 1.165) is 31.1 Å². The summed E-state index contributed by atoms with van der Waals surface area (Å²) in [7, 11) is 2.06. The number of fused-ring (bicyclic) bond motifs is 1. The first-order valence-electron chi connectivity index (χ1n) is 6.17. The molecule has 1 aliphatic heterocycles. The van der Waals surface area contributed by atoms with Crippen molar-refractivity contribution >= 4 is 16.9 Å². The van der Waals surface area contributed by atoms with Gasteiger partial charge in [0.2, 0.25) is 0 Å². The Kier molecular flexibility index (Phi) is 2.84. The fourth-order valence-corrected chi connectivity index (χ4v) is 2.21. The molecule has 1 aliphatic rings. The van der Waals surface area contributed by atoms with Crippen molar-refractivity contribution in [1.82, 2.24) is 15.2 Å². The Morgan fingerprint density at radius 3 is 3.00 bits per heavy atom. The third-order valence-electron chi connectivity index (χ3n) is 3.21. The van der Waals surface area contributed by atoms with E-state index in [4.69, 9.17) is 0 Å². The Morgan fingerprint density at radius 2 is 2.17 bits per heavy atom. The average Bonchev–Trinajstić information content (AvgIpc) is 2.82. The molecule has 0 aliphatic carbocycles. The number of guanidine groups is 1. The molecule has 0 spiro atoms. The van der Waals surface area contributed by atoms with Gasteiger partial charge in [-0.3, -0.25) is 9.98 Å². The van der Waals surface area contributed by atoms with E-state index in [2.05, 4.69) is 51.5 Å². The van der Waals surface area contributed by atoms with Crippen LogP contribution < -0.4 is 5.32 Å². The summed E-state index contributed by atoms with van der Waals surface area (Å²) in [4.78, 5) is 11.0. The van der Waals surface area contributed by atoms with Gasteiger partial charge in [0.25, 0.3) is 0 Å². The lowest BCUT2D eigenvalue weighted by Gasteiger charge is -2.15. The van der Waals surface area contributed by atoms with Gasteiger partial charge >= 0.3 is 0 Å². The molecule has 0 atom stereocenters. The molecule has 1 aromatic carbocycles. The number of nitrogens with zero attached hydrogens (tertiary/aromatic N) is 3. The second-order valence-electron chi connectivity index (χ2n) is 4.47. The quantitative estimate of drug-likeness (QED) is 0.867. The molecule has 0 radical (unpaired) electrons. The van der Waals surface area contributed by atoms with Crippen molar-refractivity contribution in [1.29, 1.82) is 0 Å². The minimum Gasteiger partial charge on any atom is -0.352 e. The average molecular weight is 240 g/mol. The van der Waals surface area contributed by atoms with Gasteiger partial charge in [-0.25, -0.2) is 0 Å². The summed E-state index contributed by atoms with van der Waals surface area (Å²) in [5.41, 5.74) is 2.27. The van der Waals surface area contributed by atoms with Crippen LogP contribution in [0.1, 0.15) is 5.56 Å². The summed E-state index contributed by atoms with van der Waals surface area (Å²) < 4.78 is 0. The molecule has 2 heterocycles.